The van der Waals surface area contributed by atoms with Crippen molar-refractivity contribution < 1.29 is 70.5 Å². The van der Waals surface area contributed by atoms with Gasteiger partial charge < -0.3 is 8.83 Å². The molecule has 0 atom stereocenters. The molecule has 2 nitrogen and oxygen atoms in total. The zero-order valence-electron chi connectivity index (χ0n) is 97.0. The Morgan fingerprint density at radius 2 is 0.637 bits per heavy atom. The first-order valence-corrected chi connectivity index (χ1v) is 31.5. The summed E-state index contributed by atoms with van der Waals surface area (Å²) in [6, 6.07) is -8.52. The molecule has 20 aromatic carbocycles. The van der Waals surface area contributed by atoms with Gasteiger partial charge in [0.15, 0.2) is 0 Å². The molecule has 0 N–H and O–H groups in total. The van der Waals surface area contributed by atoms with Gasteiger partial charge in [-0.2, -0.15) is 0 Å². The third kappa shape index (κ3) is 9.27. The average molecular weight is 1340 g/mol. The minimum atomic E-state index is -1.07. The van der Waals surface area contributed by atoms with E-state index < -0.39 is 387 Å². The first kappa shape index (κ1) is 28.8. The molecular formula is C100H60O2. The third-order valence-corrected chi connectivity index (χ3v) is 18.2. The summed E-state index contributed by atoms with van der Waals surface area (Å²) in [6.07, 6.45) is 0. The van der Waals surface area contributed by atoms with Gasteiger partial charge in [0.05, 0.1) is 61.7 Å². The summed E-state index contributed by atoms with van der Waals surface area (Å²) >= 11 is 0. The molecule has 472 valence electrons. The maximum absolute atomic E-state index is 9.96. The van der Waals surface area contributed by atoms with Gasteiger partial charge in [-0.25, -0.2) is 0 Å². The van der Waals surface area contributed by atoms with Gasteiger partial charge >= 0.3 is 0 Å². The zero-order chi connectivity index (χ0) is 106. The van der Waals surface area contributed by atoms with Gasteiger partial charge in [0.1, 0.15) is 22.3 Å². The van der Waals surface area contributed by atoms with Crippen molar-refractivity contribution in [2.45, 2.75) is 0 Å². The Balaban J connectivity index is 0.000000176. The second kappa shape index (κ2) is 23.1. The van der Waals surface area contributed by atoms with Gasteiger partial charge in [-0.1, -0.05) is 296 Å². The molecule has 0 saturated carbocycles. The van der Waals surface area contributed by atoms with Gasteiger partial charge in [0.2, 0.25) is 0 Å². The lowest BCUT2D eigenvalue weighted by molar-refractivity contribution is 0.669. The van der Waals surface area contributed by atoms with Crippen molar-refractivity contribution in [2.75, 3.05) is 0 Å². The Morgan fingerprint density at radius 1 is 0.186 bits per heavy atom. The number of furan rings is 2. The van der Waals surface area contributed by atoms with Crippen molar-refractivity contribution in [3.8, 4) is 66.8 Å². The van der Waals surface area contributed by atoms with E-state index in [4.69, 9.17) is 43.1 Å². The van der Waals surface area contributed by atoms with Gasteiger partial charge in [-0.3, -0.25) is 0 Å². The molecule has 0 amide bonds. The first-order valence-electron chi connectivity index (χ1n) is 54.0. The molecule has 102 heavy (non-hydrogen) atoms. The number of rotatable bonds is 6. The highest BCUT2D eigenvalue weighted by atomic mass is 16.3. The second-order valence-electron chi connectivity index (χ2n) is 23.8. The fourth-order valence-corrected chi connectivity index (χ4v) is 13.7. The van der Waals surface area contributed by atoms with Crippen LogP contribution in [0.15, 0.2) is 372 Å². The van der Waals surface area contributed by atoms with Crippen molar-refractivity contribution in [1.82, 2.24) is 0 Å². The highest BCUT2D eigenvalue weighted by Crippen LogP contribution is 2.49. The normalized spacial score (nSPS) is 18.1. The molecule has 0 saturated heterocycles. The summed E-state index contributed by atoms with van der Waals surface area (Å²) in [5.74, 6) is 0. The van der Waals surface area contributed by atoms with E-state index in [0.29, 0.717) is 16.5 Å². The monoisotopic (exact) mass is 1340 g/mol. The number of benzene rings is 20. The van der Waals surface area contributed by atoms with Crippen molar-refractivity contribution >= 4 is 152 Å². The molecule has 2 aromatic heterocycles. The van der Waals surface area contributed by atoms with E-state index in [9.17, 15) is 27.4 Å². The van der Waals surface area contributed by atoms with E-state index in [1.807, 2.05) is 60.7 Å². The van der Waals surface area contributed by atoms with Gasteiger partial charge in [0.25, 0.3) is 0 Å². The molecule has 22 aromatic rings. The Hall–Kier alpha value is -13.4. The Bertz CT molecular complexity index is 9960. The van der Waals surface area contributed by atoms with Crippen molar-refractivity contribution in [3.05, 3.63) is 363 Å². The summed E-state index contributed by atoms with van der Waals surface area (Å²) in [7, 11) is 0. The zero-order valence-corrected chi connectivity index (χ0v) is 52.0. The lowest BCUT2D eigenvalue weighted by atomic mass is 9.84. The standard InChI is InChI=1S/2C50H30O/c1-3-13-38-32(10-1)12-9-19-40(38)49-43-17-7-5-15-41(43)48(42-16-6-8-18-44(42)49)36-23-21-31-20-22-34(28-37(31)29-36)35-24-26-45-47(30-35)51-46-27-25-33-11-2-4-14-39(33)50(45)46;1-2-11-34-27-37(21-18-31(34)9-1)48-41-13-5-7-15-43(41)49(44-16-8-6-14-42(44)48)38-22-19-32-17-20-35(28-39(32)29-38)36-23-25-45-47(30-36)51-46-26-24-33-10-3-4-12-40(33)50(45)46/h2*1-30H/i1D,2D,3D,4D,5D,6D,7D,8D,9D,10D,11D,12D,13D,14D,15D,16D,17D,18D,19D,20D,21D,22D,23D,24D,25D,26D,27D,28D,29D,30D;1D,2D,5D,6D,7D,8D,9D,11D,13D,14D,15D,16D,18D,21D,27D. The first-order chi connectivity index (χ1) is 69.3. The fourth-order valence-electron chi connectivity index (χ4n) is 13.7. The maximum Gasteiger partial charge on any atom is 0.136 e. The molecule has 0 unspecified atom stereocenters. The van der Waals surface area contributed by atoms with Crippen molar-refractivity contribution in [3.63, 3.8) is 0 Å². The molecule has 0 radical (unpaired) electrons. The Kier molecular flexibility index (Phi) is 6.53. The van der Waals surface area contributed by atoms with E-state index in [1.165, 1.54) is 0 Å². The highest BCUT2D eigenvalue weighted by Gasteiger charge is 2.22. The lowest BCUT2D eigenvalue weighted by Crippen LogP contribution is -1.91. The molecule has 0 bridgehead atoms. The molecule has 0 aliphatic carbocycles. The summed E-state index contributed by atoms with van der Waals surface area (Å²) < 4.78 is 419. The van der Waals surface area contributed by atoms with Crippen molar-refractivity contribution in [1.29, 1.82) is 0 Å². The molecule has 0 spiro atoms. The van der Waals surface area contributed by atoms with Crippen LogP contribution in [0.25, 0.3) is 218 Å². The number of hydrogen-bond donors (Lipinski definition) is 0. The predicted molar refractivity (Wildman–Crippen MR) is 435 cm³/mol. The van der Waals surface area contributed by atoms with Gasteiger partial charge in [-0.05, 0) is 241 Å². The maximum atomic E-state index is 9.96. The Labute approximate surface area is 650 Å². The molecule has 0 aliphatic rings. The molecule has 0 fully saturated rings. The fraction of sp³-hybridized carbons (Fsp3) is 0. The quantitative estimate of drug-likeness (QED) is 0.155. The lowest BCUT2D eigenvalue weighted by Gasteiger charge is -2.19. The second-order valence-corrected chi connectivity index (χ2v) is 23.8. The van der Waals surface area contributed by atoms with Crippen molar-refractivity contribution in [2.24, 2.45) is 0 Å². The van der Waals surface area contributed by atoms with Gasteiger partial charge in [-0.15, -0.1) is 0 Å². The summed E-state index contributed by atoms with van der Waals surface area (Å²) in [5, 5.41) is -3.65. The smallest absolute Gasteiger partial charge is 0.136 e. The predicted octanol–water partition coefficient (Wildman–Crippen LogP) is 28.7. The van der Waals surface area contributed by atoms with E-state index in [-0.39, 0.29) is 43.4 Å². The van der Waals surface area contributed by atoms with Crippen LogP contribution < -0.4 is 0 Å². The van der Waals surface area contributed by atoms with Crippen LogP contribution in [0.4, 0.5) is 0 Å². The van der Waals surface area contributed by atoms with Crippen LogP contribution in [0.5, 0.6) is 0 Å². The molecular weight excluding hydrogens is 1230 g/mol. The summed E-state index contributed by atoms with van der Waals surface area (Å²) in [5.41, 5.74) is -3.26. The number of hydrogen-bond acceptors (Lipinski definition) is 2. The number of fused-ring (bicyclic) bond motifs is 18. The average Bonchev–Trinajstić information content (AvgIpc) is 1.39. The Morgan fingerprint density at radius 3 is 1.32 bits per heavy atom. The molecule has 2 heteroatoms. The van der Waals surface area contributed by atoms with Crippen LogP contribution in [0, 0.1) is 0 Å². The van der Waals surface area contributed by atoms with E-state index in [2.05, 4.69) is 12.1 Å². The minimum Gasteiger partial charge on any atom is -0.456 e. The van der Waals surface area contributed by atoms with Crippen LogP contribution >= 0.6 is 0 Å². The van der Waals surface area contributed by atoms with Gasteiger partial charge in [0, 0.05) is 21.5 Å². The molecule has 22 rings (SSSR count). The molecule has 2 heterocycles. The van der Waals surface area contributed by atoms with E-state index in [1.54, 1.807) is 18.2 Å². The van der Waals surface area contributed by atoms with Crippen LogP contribution in [0.2, 0.25) is 0 Å². The van der Waals surface area contributed by atoms with E-state index in [0.717, 1.165) is 43.6 Å². The minimum absolute atomic E-state index is 0.0397. The summed E-state index contributed by atoms with van der Waals surface area (Å²) in [6.45, 7) is 0. The summed E-state index contributed by atoms with van der Waals surface area (Å²) in [4.78, 5) is 0. The largest absolute Gasteiger partial charge is 0.456 e. The molecule has 0 aliphatic heterocycles. The van der Waals surface area contributed by atoms with Crippen LogP contribution in [0.1, 0.15) is 61.7 Å². The topological polar surface area (TPSA) is 26.3 Å². The SMILES string of the molecule is [2H]c1c(-c2c([2H])c([2H])c3c(oc4c([2H])c([2H])c5c([2H])c([2H])c([2H])c([2H])c5c43)c2[2H])c([2H])c2c([2H])c(-c3c4c([2H])c([2H])c([2H])c([2H])c4c(-c4c([2H])c([2H])c([2H])c5c([2H])c([2H])c([2H])c([2H])c45)c4c([2H])c([2H])c([2H])c([2H])c34)c([2H])c([2H])c2c1[2H].[2H]c1c([2H])c([2H])c2c([2H])c(-c3c4c([2H])c([2H])c([2H])c([2H])c4c(-c4ccc5ccc(-c6ccc7c(c6)oc6ccc8ccccc8c67)cc5c4)c4c([2H])c([2H])c([2H])c([2H])c34)c([2H])c([2H])c2c1[2H]. The van der Waals surface area contributed by atoms with Crippen LogP contribution in [0.3, 0.4) is 0 Å². The third-order valence-electron chi connectivity index (χ3n) is 18.2. The van der Waals surface area contributed by atoms with Crippen LogP contribution in [-0.2, 0) is 0 Å². The van der Waals surface area contributed by atoms with Crippen LogP contribution in [-0.4, -0.2) is 0 Å². The van der Waals surface area contributed by atoms with E-state index >= 15 is 0 Å². The highest BCUT2D eigenvalue weighted by molar-refractivity contribution is 6.26.